The van der Waals surface area contributed by atoms with Gasteiger partial charge in [-0.05, 0) is 12.1 Å². The fraction of sp³-hybridized carbons (Fsp3) is 0. The minimum Gasteiger partial charge on any atom is -0.477 e. The highest BCUT2D eigenvalue weighted by Crippen LogP contribution is 2.24. The van der Waals surface area contributed by atoms with Gasteiger partial charge in [-0.1, -0.05) is 23.5 Å². The molecule has 3 rings (SSSR count). The molecule has 92 valence electrons. The second-order valence-electron chi connectivity index (χ2n) is 3.91. The molecule has 2 heterocycles. The molecule has 2 aromatic heterocycles. The summed E-state index contributed by atoms with van der Waals surface area (Å²) in [6.07, 6.45) is 3.32. The summed E-state index contributed by atoms with van der Waals surface area (Å²) in [5.41, 5.74) is 2.25. The molecule has 1 N–H and O–H groups in total. The summed E-state index contributed by atoms with van der Waals surface area (Å²) >= 11 is 1.13. The van der Waals surface area contributed by atoms with E-state index in [1.165, 1.54) is 0 Å². The molecule has 0 radical (unpaired) electrons. The van der Waals surface area contributed by atoms with Crippen molar-refractivity contribution in [1.82, 2.24) is 9.38 Å². The number of aromatic carboxylic acids is 1. The fourth-order valence-corrected chi connectivity index (χ4v) is 2.55. The van der Waals surface area contributed by atoms with Crippen molar-refractivity contribution in [2.24, 2.45) is 0 Å². The van der Waals surface area contributed by atoms with Gasteiger partial charge in [0, 0.05) is 18.0 Å². The number of aromatic nitrogens is 2. The highest BCUT2D eigenvalue weighted by Gasteiger charge is 2.11. The van der Waals surface area contributed by atoms with Crippen molar-refractivity contribution in [3.05, 3.63) is 47.1 Å². The number of rotatable bonds is 2. The lowest BCUT2D eigenvalue weighted by Crippen LogP contribution is -1.90. The van der Waals surface area contributed by atoms with Crippen molar-refractivity contribution >= 4 is 22.3 Å². The molecule has 0 amide bonds. The van der Waals surface area contributed by atoms with E-state index in [4.69, 9.17) is 10.4 Å². The van der Waals surface area contributed by atoms with Crippen LogP contribution < -0.4 is 0 Å². The molecular formula is C13H7N3O2S. The Morgan fingerprint density at radius 2 is 2.05 bits per heavy atom. The van der Waals surface area contributed by atoms with E-state index in [-0.39, 0.29) is 4.88 Å². The lowest BCUT2D eigenvalue weighted by Gasteiger charge is -1.95. The highest BCUT2D eigenvalue weighted by atomic mass is 32.1. The summed E-state index contributed by atoms with van der Waals surface area (Å²) < 4.78 is 1.70. The van der Waals surface area contributed by atoms with Crippen molar-refractivity contribution < 1.29 is 9.90 Å². The van der Waals surface area contributed by atoms with Crippen LogP contribution in [0.2, 0.25) is 0 Å². The van der Waals surface area contributed by atoms with Crippen LogP contribution in [0.4, 0.5) is 0 Å². The van der Waals surface area contributed by atoms with Crippen molar-refractivity contribution in [1.29, 1.82) is 5.26 Å². The zero-order valence-corrected chi connectivity index (χ0v) is 10.4. The molecule has 0 aliphatic heterocycles. The Morgan fingerprint density at radius 3 is 2.63 bits per heavy atom. The molecule has 0 aliphatic rings. The first-order valence-corrected chi connectivity index (χ1v) is 6.21. The van der Waals surface area contributed by atoms with Gasteiger partial charge in [-0.3, -0.25) is 4.40 Å². The summed E-state index contributed by atoms with van der Waals surface area (Å²) in [5.74, 6) is -0.949. The van der Waals surface area contributed by atoms with Gasteiger partial charge >= 0.3 is 5.97 Å². The number of carboxylic acids is 1. The van der Waals surface area contributed by atoms with Crippen molar-refractivity contribution in [2.75, 3.05) is 0 Å². The number of hydrogen-bond donors (Lipinski definition) is 1. The zero-order chi connectivity index (χ0) is 13.4. The Morgan fingerprint density at radius 1 is 1.32 bits per heavy atom. The number of imidazole rings is 1. The normalized spacial score (nSPS) is 10.5. The molecular weight excluding hydrogens is 262 g/mol. The Labute approximate surface area is 112 Å². The molecule has 0 fully saturated rings. The molecule has 1 aromatic carbocycles. The molecule has 3 aromatic rings. The Kier molecular flexibility index (Phi) is 2.54. The first kappa shape index (κ1) is 11.4. The van der Waals surface area contributed by atoms with Crippen LogP contribution in [0.1, 0.15) is 15.2 Å². The third-order valence-electron chi connectivity index (χ3n) is 2.68. The van der Waals surface area contributed by atoms with E-state index in [1.54, 1.807) is 28.9 Å². The number of hydrogen-bond acceptors (Lipinski definition) is 4. The number of fused-ring (bicyclic) bond motifs is 1. The topological polar surface area (TPSA) is 78.4 Å². The standard InChI is InChI=1S/C13H7N3O2S/c14-5-8-1-3-9(4-2-8)10-6-16-7-11(12(17)18)19-13(16)15-10/h1-4,6-7H,(H,17,18). The van der Waals surface area contributed by atoms with Gasteiger partial charge in [0.15, 0.2) is 4.96 Å². The molecule has 6 heteroatoms. The SMILES string of the molecule is N#Cc1ccc(-c2cn3cc(C(=O)O)sc3n2)cc1. The molecule has 0 saturated heterocycles. The van der Waals surface area contributed by atoms with Crippen molar-refractivity contribution in [3.63, 3.8) is 0 Å². The third-order valence-corrected chi connectivity index (χ3v) is 3.66. The summed E-state index contributed by atoms with van der Waals surface area (Å²) in [4.78, 5) is 16.1. The average molecular weight is 269 g/mol. The zero-order valence-electron chi connectivity index (χ0n) is 9.57. The maximum Gasteiger partial charge on any atom is 0.347 e. The smallest absolute Gasteiger partial charge is 0.347 e. The van der Waals surface area contributed by atoms with Gasteiger partial charge in [0.25, 0.3) is 0 Å². The van der Waals surface area contributed by atoms with Crippen molar-refractivity contribution in [2.45, 2.75) is 0 Å². The lowest BCUT2D eigenvalue weighted by atomic mass is 10.1. The van der Waals surface area contributed by atoms with Crippen LogP contribution >= 0.6 is 11.3 Å². The highest BCUT2D eigenvalue weighted by molar-refractivity contribution is 7.18. The molecule has 0 atom stereocenters. The van der Waals surface area contributed by atoms with Crippen molar-refractivity contribution in [3.8, 4) is 17.3 Å². The van der Waals surface area contributed by atoms with Gasteiger partial charge in [-0.2, -0.15) is 5.26 Å². The Hall–Kier alpha value is -2.65. The number of carbonyl (C=O) groups is 1. The van der Waals surface area contributed by atoms with Gasteiger partial charge in [0.2, 0.25) is 0 Å². The van der Waals surface area contributed by atoms with E-state index in [0.717, 1.165) is 22.6 Å². The first-order valence-electron chi connectivity index (χ1n) is 5.40. The van der Waals surface area contributed by atoms with Gasteiger partial charge in [-0.15, -0.1) is 0 Å². The van der Waals surface area contributed by atoms with Crippen LogP contribution in [0.25, 0.3) is 16.2 Å². The first-order chi connectivity index (χ1) is 9.17. The third kappa shape index (κ3) is 1.96. The second kappa shape index (κ2) is 4.23. The van der Waals surface area contributed by atoms with Gasteiger partial charge in [0.1, 0.15) is 4.88 Å². The van der Waals surface area contributed by atoms with E-state index in [0.29, 0.717) is 10.5 Å². The molecule has 19 heavy (non-hydrogen) atoms. The molecule has 0 aliphatic carbocycles. The van der Waals surface area contributed by atoms with E-state index in [1.807, 2.05) is 12.1 Å². The predicted molar refractivity (Wildman–Crippen MR) is 70.2 cm³/mol. The maximum atomic E-state index is 10.8. The lowest BCUT2D eigenvalue weighted by molar-refractivity contribution is 0.0702. The van der Waals surface area contributed by atoms with E-state index in [9.17, 15) is 4.79 Å². The number of thiazole rings is 1. The van der Waals surface area contributed by atoms with E-state index in [2.05, 4.69) is 11.1 Å². The Bertz CT molecular complexity index is 777. The van der Waals surface area contributed by atoms with Crippen LogP contribution in [-0.4, -0.2) is 20.5 Å². The maximum absolute atomic E-state index is 10.8. The number of benzene rings is 1. The van der Waals surface area contributed by atoms with Crippen LogP contribution in [0.5, 0.6) is 0 Å². The summed E-state index contributed by atoms with van der Waals surface area (Å²) in [5, 5.41) is 17.6. The van der Waals surface area contributed by atoms with E-state index >= 15 is 0 Å². The fourth-order valence-electron chi connectivity index (χ4n) is 1.75. The molecule has 0 spiro atoms. The largest absolute Gasteiger partial charge is 0.477 e. The molecule has 0 unspecified atom stereocenters. The quantitative estimate of drug-likeness (QED) is 0.775. The monoisotopic (exact) mass is 269 g/mol. The summed E-state index contributed by atoms with van der Waals surface area (Å²) in [6, 6.07) is 9.16. The number of nitrogens with zero attached hydrogens (tertiary/aromatic N) is 3. The minimum atomic E-state index is -0.949. The van der Waals surface area contributed by atoms with Crippen LogP contribution in [0.15, 0.2) is 36.7 Å². The molecule has 0 saturated carbocycles. The summed E-state index contributed by atoms with van der Waals surface area (Å²) in [7, 11) is 0. The molecule has 5 nitrogen and oxygen atoms in total. The number of carboxylic acid groups (broad SMARTS) is 1. The summed E-state index contributed by atoms with van der Waals surface area (Å²) in [6.45, 7) is 0. The number of nitriles is 1. The predicted octanol–water partition coefficient (Wildman–Crippen LogP) is 2.63. The van der Waals surface area contributed by atoms with E-state index < -0.39 is 5.97 Å². The molecule has 0 bridgehead atoms. The van der Waals surface area contributed by atoms with Gasteiger partial charge < -0.3 is 5.11 Å². The Balaban J connectivity index is 2.03. The van der Waals surface area contributed by atoms with Gasteiger partial charge in [-0.25, -0.2) is 9.78 Å². The van der Waals surface area contributed by atoms with Crippen LogP contribution in [-0.2, 0) is 0 Å². The minimum absolute atomic E-state index is 0.258. The van der Waals surface area contributed by atoms with Gasteiger partial charge in [0.05, 0.1) is 17.3 Å². The van der Waals surface area contributed by atoms with Crippen LogP contribution in [0.3, 0.4) is 0 Å². The van der Waals surface area contributed by atoms with Crippen LogP contribution in [0, 0.1) is 11.3 Å². The average Bonchev–Trinajstić information content (AvgIpc) is 2.97. The second-order valence-corrected chi connectivity index (χ2v) is 4.91.